The molecule has 1 aromatic carbocycles. The lowest BCUT2D eigenvalue weighted by Crippen LogP contribution is -2.58. The summed E-state index contributed by atoms with van der Waals surface area (Å²) in [6, 6.07) is 6.90. The molecule has 2 aromatic rings. The van der Waals surface area contributed by atoms with Crippen LogP contribution in [0.4, 0.5) is 0 Å². The quantitative estimate of drug-likeness (QED) is 0.701. The number of benzene rings is 1. The number of hydrogen-bond acceptors (Lipinski definition) is 5. The SMILES string of the molecule is Cc1nccn1CCC(=O)N1CCO[C@](COc2ccc(Cl)cc2)(CC(N)=O)C1. The second-order valence-electron chi connectivity index (χ2n) is 7.15. The molecule has 8 nitrogen and oxygen atoms in total. The standard InChI is InChI=1S/C20H25ClN4O4/c1-15-23-7-9-24(15)8-6-19(27)25-10-11-29-20(13-25,12-18(22)26)14-28-17-4-2-16(21)3-5-17/h2-5,7,9H,6,8,10-14H2,1H3,(H2,22,26)/t20-/m1/s1. The number of carbonyl (C=O) groups is 2. The van der Waals surface area contributed by atoms with Crippen LogP contribution in [0.2, 0.25) is 5.02 Å². The number of hydrogen-bond donors (Lipinski definition) is 1. The van der Waals surface area contributed by atoms with E-state index in [1.807, 2.05) is 17.7 Å². The molecule has 1 fully saturated rings. The molecule has 1 aromatic heterocycles. The first-order valence-electron chi connectivity index (χ1n) is 9.43. The van der Waals surface area contributed by atoms with Gasteiger partial charge in [0.2, 0.25) is 11.8 Å². The van der Waals surface area contributed by atoms with Gasteiger partial charge in [-0.3, -0.25) is 9.59 Å². The van der Waals surface area contributed by atoms with Crippen molar-refractivity contribution in [3.8, 4) is 5.75 Å². The van der Waals surface area contributed by atoms with Gasteiger partial charge in [0.05, 0.1) is 19.6 Å². The highest BCUT2D eigenvalue weighted by atomic mass is 35.5. The normalized spacial score (nSPS) is 19.2. The number of ether oxygens (including phenoxy) is 2. The molecular weight excluding hydrogens is 396 g/mol. The number of aryl methyl sites for hydroxylation is 2. The third kappa shape index (κ3) is 5.71. The lowest BCUT2D eigenvalue weighted by Gasteiger charge is -2.42. The molecule has 0 spiro atoms. The molecule has 2 amide bonds. The molecular formula is C20H25ClN4O4. The van der Waals surface area contributed by atoms with Crippen molar-refractivity contribution in [2.75, 3.05) is 26.3 Å². The minimum atomic E-state index is -0.982. The molecule has 0 aliphatic carbocycles. The number of amides is 2. The van der Waals surface area contributed by atoms with Crippen LogP contribution in [0.3, 0.4) is 0 Å². The molecule has 9 heteroatoms. The van der Waals surface area contributed by atoms with Crippen molar-refractivity contribution < 1.29 is 19.1 Å². The third-order valence-corrected chi connectivity index (χ3v) is 5.16. The van der Waals surface area contributed by atoms with Crippen LogP contribution in [0.25, 0.3) is 0 Å². The topological polar surface area (TPSA) is 99.7 Å². The maximum absolute atomic E-state index is 12.8. The van der Waals surface area contributed by atoms with Crippen molar-refractivity contribution in [2.45, 2.75) is 31.9 Å². The Morgan fingerprint density at radius 2 is 2.10 bits per heavy atom. The fraction of sp³-hybridized carbons (Fsp3) is 0.450. The molecule has 2 N–H and O–H groups in total. The molecule has 2 heterocycles. The summed E-state index contributed by atoms with van der Waals surface area (Å²) in [4.78, 5) is 30.3. The maximum Gasteiger partial charge on any atom is 0.224 e. The first kappa shape index (κ1) is 21.1. The summed E-state index contributed by atoms with van der Waals surface area (Å²) in [6.45, 7) is 3.56. The van der Waals surface area contributed by atoms with Gasteiger partial charge in [-0.2, -0.15) is 0 Å². The van der Waals surface area contributed by atoms with Crippen LogP contribution in [-0.2, 0) is 20.9 Å². The molecule has 1 aliphatic heterocycles. The summed E-state index contributed by atoms with van der Waals surface area (Å²) in [6.07, 6.45) is 3.85. The van der Waals surface area contributed by atoms with Crippen LogP contribution in [-0.4, -0.2) is 58.2 Å². The Morgan fingerprint density at radius 1 is 1.34 bits per heavy atom. The number of morpholine rings is 1. The van der Waals surface area contributed by atoms with E-state index in [-0.39, 0.29) is 25.5 Å². The monoisotopic (exact) mass is 420 g/mol. The van der Waals surface area contributed by atoms with Crippen molar-refractivity contribution in [2.24, 2.45) is 5.73 Å². The Bertz CT molecular complexity index is 854. The van der Waals surface area contributed by atoms with Crippen molar-refractivity contribution >= 4 is 23.4 Å². The number of aromatic nitrogens is 2. The van der Waals surface area contributed by atoms with E-state index in [1.54, 1.807) is 35.4 Å². The molecule has 0 bridgehead atoms. The van der Waals surface area contributed by atoms with Gasteiger partial charge in [0.15, 0.2) is 0 Å². The van der Waals surface area contributed by atoms with Gasteiger partial charge in [-0.25, -0.2) is 4.98 Å². The minimum Gasteiger partial charge on any atom is -0.490 e. The summed E-state index contributed by atoms with van der Waals surface area (Å²) in [5.74, 6) is 0.940. The highest BCUT2D eigenvalue weighted by molar-refractivity contribution is 6.30. The smallest absolute Gasteiger partial charge is 0.224 e. The molecule has 3 rings (SSSR count). The lowest BCUT2D eigenvalue weighted by atomic mass is 9.97. The van der Waals surface area contributed by atoms with E-state index in [2.05, 4.69) is 4.98 Å². The van der Waals surface area contributed by atoms with E-state index < -0.39 is 11.5 Å². The number of carbonyl (C=O) groups excluding carboxylic acids is 2. The number of nitrogens with two attached hydrogens (primary N) is 1. The maximum atomic E-state index is 12.8. The summed E-state index contributed by atoms with van der Waals surface area (Å²) in [5.41, 5.74) is 4.47. The first-order valence-corrected chi connectivity index (χ1v) is 9.81. The summed E-state index contributed by atoms with van der Waals surface area (Å²) >= 11 is 5.90. The van der Waals surface area contributed by atoms with E-state index in [1.165, 1.54) is 0 Å². The Kier molecular flexibility index (Phi) is 6.76. The van der Waals surface area contributed by atoms with Gasteiger partial charge in [-0.05, 0) is 31.2 Å². The van der Waals surface area contributed by atoms with E-state index in [0.717, 1.165) is 5.82 Å². The zero-order valence-corrected chi connectivity index (χ0v) is 17.1. The molecule has 1 aliphatic rings. The fourth-order valence-corrected chi connectivity index (χ4v) is 3.51. The predicted octanol–water partition coefficient (Wildman–Crippen LogP) is 1.79. The highest BCUT2D eigenvalue weighted by Crippen LogP contribution is 2.25. The van der Waals surface area contributed by atoms with Crippen LogP contribution in [0.5, 0.6) is 5.75 Å². The number of halogens is 1. The van der Waals surface area contributed by atoms with E-state index in [9.17, 15) is 9.59 Å². The average molecular weight is 421 g/mol. The Labute approximate surface area is 174 Å². The first-order chi connectivity index (χ1) is 13.9. The minimum absolute atomic E-state index is 0.0123. The van der Waals surface area contributed by atoms with Gasteiger partial charge < -0.3 is 24.7 Å². The van der Waals surface area contributed by atoms with Crippen molar-refractivity contribution in [1.82, 2.24) is 14.5 Å². The molecule has 29 heavy (non-hydrogen) atoms. The van der Waals surface area contributed by atoms with Crippen LogP contribution in [0.15, 0.2) is 36.7 Å². The van der Waals surface area contributed by atoms with Crippen molar-refractivity contribution in [1.29, 1.82) is 0 Å². The van der Waals surface area contributed by atoms with E-state index in [0.29, 0.717) is 36.9 Å². The summed E-state index contributed by atoms with van der Waals surface area (Å²) < 4.78 is 13.7. The number of primary amides is 1. The Hall–Kier alpha value is -2.58. The second-order valence-corrected chi connectivity index (χ2v) is 7.59. The fourth-order valence-electron chi connectivity index (χ4n) is 3.38. The van der Waals surface area contributed by atoms with Gasteiger partial charge in [0.1, 0.15) is 23.8 Å². The van der Waals surface area contributed by atoms with Crippen LogP contribution < -0.4 is 10.5 Å². The molecule has 1 atom stereocenters. The Morgan fingerprint density at radius 3 is 2.76 bits per heavy atom. The van der Waals surface area contributed by atoms with Gasteiger partial charge in [0.25, 0.3) is 0 Å². The zero-order valence-electron chi connectivity index (χ0n) is 16.3. The largest absolute Gasteiger partial charge is 0.490 e. The van der Waals surface area contributed by atoms with Gasteiger partial charge in [-0.15, -0.1) is 0 Å². The van der Waals surface area contributed by atoms with Crippen LogP contribution in [0.1, 0.15) is 18.7 Å². The summed E-state index contributed by atoms with van der Waals surface area (Å²) in [7, 11) is 0. The zero-order chi connectivity index (χ0) is 20.9. The van der Waals surface area contributed by atoms with Gasteiger partial charge in [0, 0.05) is 36.9 Å². The van der Waals surface area contributed by atoms with E-state index >= 15 is 0 Å². The van der Waals surface area contributed by atoms with Gasteiger partial charge in [-0.1, -0.05) is 11.6 Å². The number of nitrogens with zero attached hydrogens (tertiary/aromatic N) is 3. The van der Waals surface area contributed by atoms with Gasteiger partial charge >= 0.3 is 0 Å². The highest BCUT2D eigenvalue weighted by Gasteiger charge is 2.40. The number of imidazole rings is 1. The van der Waals surface area contributed by atoms with Crippen LogP contribution in [0, 0.1) is 6.92 Å². The average Bonchev–Trinajstić information content (AvgIpc) is 3.10. The second kappa shape index (κ2) is 9.28. The third-order valence-electron chi connectivity index (χ3n) is 4.90. The Balaban J connectivity index is 1.64. The predicted molar refractivity (Wildman–Crippen MR) is 108 cm³/mol. The molecule has 0 radical (unpaired) electrons. The van der Waals surface area contributed by atoms with Crippen molar-refractivity contribution in [3.63, 3.8) is 0 Å². The number of rotatable bonds is 8. The van der Waals surface area contributed by atoms with Crippen molar-refractivity contribution in [3.05, 3.63) is 47.5 Å². The molecule has 0 unspecified atom stereocenters. The van der Waals surface area contributed by atoms with E-state index in [4.69, 9.17) is 26.8 Å². The molecule has 1 saturated heterocycles. The molecule has 0 saturated carbocycles. The molecule has 156 valence electrons. The summed E-state index contributed by atoms with van der Waals surface area (Å²) in [5, 5.41) is 0.600. The van der Waals surface area contributed by atoms with Crippen LogP contribution >= 0.6 is 11.6 Å². The lowest BCUT2D eigenvalue weighted by molar-refractivity contribution is -0.161.